The SMILES string of the molecule is COCCOc1cc(-c2ccnc(C)c2)nc2cc(C(=O)NCc3ccn4ncnc4c3)ccc12. The van der Waals surface area contributed by atoms with Gasteiger partial charge in [-0.2, -0.15) is 5.10 Å². The van der Waals surface area contributed by atoms with Gasteiger partial charge in [0.2, 0.25) is 0 Å². The third kappa shape index (κ3) is 4.95. The lowest BCUT2D eigenvalue weighted by molar-refractivity contribution is 0.0951. The number of amides is 1. The molecule has 0 saturated carbocycles. The second-order valence-electron chi connectivity index (χ2n) is 8.05. The standard InChI is InChI=1S/C26H24N6O3/c1-17-11-19(5-7-27-17)22-14-24(35-10-9-34-2)21-4-3-20(13-23(21)31-22)26(33)28-15-18-6-8-32-25(12-18)29-16-30-32/h3-8,11-14,16H,9-10,15H2,1-2H3,(H,28,33). The molecule has 5 aromatic rings. The molecule has 9 nitrogen and oxygen atoms in total. The summed E-state index contributed by atoms with van der Waals surface area (Å²) in [7, 11) is 1.63. The number of aromatic nitrogens is 5. The second-order valence-corrected chi connectivity index (χ2v) is 8.05. The quantitative estimate of drug-likeness (QED) is 0.347. The molecule has 0 fully saturated rings. The fourth-order valence-electron chi connectivity index (χ4n) is 3.80. The zero-order chi connectivity index (χ0) is 24.2. The highest BCUT2D eigenvalue weighted by Gasteiger charge is 2.13. The van der Waals surface area contributed by atoms with Crippen LogP contribution in [0.25, 0.3) is 27.8 Å². The average Bonchev–Trinajstić information content (AvgIpc) is 3.35. The van der Waals surface area contributed by atoms with Gasteiger partial charge < -0.3 is 14.8 Å². The Hall–Kier alpha value is -4.37. The van der Waals surface area contributed by atoms with Crippen molar-refractivity contribution in [3.63, 3.8) is 0 Å². The maximum Gasteiger partial charge on any atom is 0.251 e. The summed E-state index contributed by atoms with van der Waals surface area (Å²) in [5.41, 5.74) is 5.41. The number of nitrogens with zero attached hydrogens (tertiary/aromatic N) is 5. The lowest BCUT2D eigenvalue weighted by Gasteiger charge is -2.13. The summed E-state index contributed by atoms with van der Waals surface area (Å²) < 4.78 is 12.8. The largest absolute Gasteiger partial charge is 0.490 e. The molecule has 0 saturated heterocycles. The van der Waals surface area contributed by atoms with Crippen LogP contribution in [0.1, 0.15) is 21.6 Å². The zero-order valence-corrected chi connectivity index (χ0v) is 19.4. The molecule has 0 radical (unpaired) electrons. The number of methoxy groups -OCH3 is 1. The fraction of sp³-hybridized carbons (Fsp3) is 0.192. The molecule has 176 valence electrons. The maximum atomic E-state index is 12.9. The van der Waals surface area contributed by atoms with Crippen LogP contribution < -0.4 is 10.1 Å². The Bertz CT molecular complexity index is 1510. The molecule has 5 rings (SSSR count). The number of fused-ring (bicyclic) bond motifs is 2. The van der Waals surface area contributed by atoms with E-state index in [2.05, 4.69) is 20.4 Å². The molecular weight excluding hydrogens is 444 g/mol. The Morgan fingerprint density at radius 1 is 1.06 bits per heavy atom. The van der Waals surface area contributed by atoms with Crippen molar-refractivity contribution in [3.05, 3.63) is 84.1 Å². The number of pyridine rings is 3. The van der Waals surface area contributed by atoms with E-state index in [1.54, 1.807) is 30.0 Å². The minimum Gasteiger partial charge on any atom is -0.490 e. The third-order valence-corrected chi connectivity index (χ3v) is 5.57. The van der Waals surface area contributed by atoms with Gasteiger partial charge in [0.1, 0.15) is 18.7 Å². The van der Waals surface area contributed by atoms with Crippen LogP contribution in [-0.4, -0.2) is 50.8 Å². The summed E-state index contributed by atoms with van der Waals surface area (Å²) in [6, 6.07) is 15.0. The third-order valence-electron chi connectivity index (χ3n) is 5.57. The van der Waals surface area contributed by atoms with E-state index in [-0.39, 0.29) is 5.91 Å². The molecule has 0 unspecified atom stereocenters. The van der Waals surface area contributed by atoms with E-state index in [1.165, 1.54) is 6.33 Å². The Kier molecular flexibility index (Phi) is 6.32. The van der Waals surface area contributed by atoms with Gasteiger partial charge in [0.05, 0.1) is 17.8 Å². The van der Waals surface area contributed by atoms with Gasteiger partial charge in [-0.05, 0) is 55.0 Å². The first kappa shape index (κ1) is 22.4. The van der Waals surface area contributed by atoms with Gasteiger partial charge in [0.25, 0.3) is 5.91 Å². The molecule has 0 spiro atoms. The van der Waals surface area contributed by atoms with E-state index in [9.17, 15) is 4.79 Å². The van der Waals surface area contributed by atoms with Crippen molar-refractivity contribution in [1.29, 1.82) is 0 Å². The number of carbonyl (C=O) groups excluding carboxylic acids is 1. The van der Waals surface area contributed by atoms with Gasteiger partial charge in [0.15, 0.2) is 5.65 Å². The minimum absolute atomic E-state index is 0.193. The molecule has 0 bridgehead atoms. The lowest BCUT2D eigenvalue weighted by atomic mass is 10.1. The van der Waals surface area contributed by atoms with Crippen molar-refractivity contribution >= 4 is 22.5 Å². The number of carbonyl (C=O) groups is 1. The van der Waals surface area contributed by atoms with Crippen molar-refractivity contribution in [1.82, 2.24) is 29.9 Å². The summed E-state index contributed by atoms with van der Waals surface area (Å²) >= 11 is 0. The van der Waals surface area contributed by atoms with Crippen molar-refractivity contribution in [2.75, 3.05) is 20.3 Å². The van der Waals surface area contributed by atoms with Crippen LogP contribution in [0, 0.1) is 6.92 Å². The van der Waals surface area contributed by atoms with Crippen LogP contribution in [-0.2, 0) is 11.3 Å². The van der Waals surface area contributed by atoms with Crippen molar-refractivity contribution in [2.24, 2.45) is 0 Å². The normalized spacial score (nSPS) is 11.1. The molecule has 0 aliphatic heterocycles. The molecule has 35 heavy (non-hydrogen) atoms. The first-order valence-corrected chi connectivity index (χ1v) is 11.2. The Morgan fingerprint density at radius 3 is 2.83 bits per heavy atom. The van der Waals surface area contributed by atoms with E-state index in [0.717, 1.165) is 33.5 Å². The molecule has 4 aromatic heterocycles. The number of nitrogens with one attached hydrogen (secondary N) is 1. The van der Waals surface area contributed by atoms with E-state index in [0.29, 0.717) is 36.6 Å². The van der Waals surface area contributed by atoms with Crippen LogP contribution in [0.15, 0.2) is 67.3 Å². The van der Waals surface area contributed by atoms with Gasteiger partial charge >= 0.3 is 0 Å². The van der Waals surface area contributed by atoms with Gasteiger partial charge in [-0.15, -0.1) is 0 Å². The van der Waals surface area contributed by atoms with Crippen molar-refractivity contribution in [2.45, 2.75) is 13.5 Å². The summed E-state index contributed by atoms with van der Waals surface area (Å²) in [5, 5.41) is 7.88. The highest BCUT2D eigenvalue weighted by Crippen LogP contribution is 2.31. The molecule has 1 N–H and O–H groups in total. The maximum absolute atomic E-state index is 12.9. The van der Waals surface area contributed by atoms with E-state index < -0.39 is 0 Å². The summed E-state index contributed by atoms with van der Waals surface area (Å²) in [6.07, 6.45) is 5.06. The first-order chi connectivity index (χ1) is 17.1. The predicted octanol–water partition coefficient (Wildman–Crippen LogP) is 3.60. The topological polar surface area (TPSA) is 104 Å². The smallest absolute Gasteiger partial charge is 0.251 e. The average molecular weight is 469 g/mol. The lowest BCUT2D eigenvalue weighted by Crippen LogP contribution is -2.22. The van der Waals surface area contributed by atoms with Crippen LogP contribution in [0.4, 0.5) is 0 Å². The second kappa shape index (κ2) is 9.86. The summed E-state index contributed by atoms with van der Waals surface area (Å²) in [6.45, 7) is 3.18. The number of ether oxygens (including phenoxy) is 2. The number of benzene rings is 1. The van der Waals surface area contributed by atoms with E-state index >= 15 is 0 Å². The molecule has 4 heterocycles. The number of hydrogen-bond acceptors (Lipinski definition) is 7. The highest BCUT2D eigenvalue weighted by molar-refractivity contribution is 5.99. The predicted molar refractivity (Wildman–Crippen MR) is 131 cm³/mol. The van der Waals surface area contributed by atoms with Gasteiger partial charge in [-0.1, -0.05) is 0 Å². The minimum atomic E-state index is -0.193. The summed E-state index contributed by atoms with van der Waals surface area (Å²) in [4.78, 5) is 26.2. The van der Waals surface area contributed by atoms with Crippen LogP contribution in [0.3, 0.4) is 0 Å². The molecule has 1 aromatic carbocycles. The highest BCUT2D eigenvalue weighted by atomic mass is 16.5. The van der Waals surface area contributed by atoms with Gasteiger partial charge in [0, 0.05) is 54.3 Å². The molecule has 1 amide bonds. The molecule has 9 heteroatoms. The number of aryl methyl sites for hydroxylation is 1. The zero-order valence-electron chi connectivity index (χ0n) is 19.4. The first-order valence-electron chi connectivity index (χ1n) is 11.2. The number of rotatable bonds is 8. The molecule has 0 atom stereocenters. The summed E-state index contributed by atoms with van der Waals surface area (Å²) in [5.74, 6) is 0.493. The van der Waals surface area contributed by atoms with Crippen LogP contribution >= 0.6 is 0 Å². The molecule has 0 aliphatic rings. The molecule has 0 aliphatic carbocycles. The number of hydrogen-bond donors (Lipinski definition) is 1. The Morgan fingerprint density at radius 2 is 1.97 bits per heavy atom. The molecular formula is C26H24N6O3. The Balaban J connectivity index is 1.43. The Labute approximate surface area is 201 Å². The van der Waals surface area contributed by atoms with Crippen molar-refractivity contribution in [3.8, 4) is 17.0 Å². The van der Waals surface area contributed by atoms with Crippen molar-refractivity contribution < 1.29 is 14.3 Å². The van der Waals surface area contributed by atoms with Crippen LogP contribution in [0.5, 0.6) is 5.75 Å². The fourth-order valence-corrected chi connectivity index (χ4v) is 3.80. The van der Waals surface area contributed by atoms with Gasteiger partial charge in [-0.3, -0.25) is 9.78 Å². The van der Waals surface area contributed by atoms with Crippen LogP contribution in [0.2, 0.25) is 0 Å². The van der Waals surface area contributed by atoms with Gasteiger partial charge in [-0.25, -0.2) is 14.5 Å². The van der Waals surface area contributed by atoms with E-state index in [1.807, 2.05) is 49.5 Å². The monoisotopic (exact) mass is 468 g/mol. The van der Waals surface area contributed by atoms with E-state index in [4.69, 9.17) is 14.5 Å².